The number of rotatable bonds is 3. The standard InChI is InChI=1S/C17H16FNS/c1-11(19-2)14-7-6-13(18)10-16(14)15-5-3-4-12-8-9-20-17(12)15/h3-11,19H,1-2H3. The van der Waals surface area contributed by atoms with Gasteiger partial charge in [-0.2, -0.15) is 0 Å². The third-order valence-electron chi connectivity index (χ3n) is 3.68. The van der Waals surface area contributed by atoms with Crippen LogP contribution in [0.4, 0.5) is 4.39 Å². The summed E-state index contributed by atoms with van der Waals surface area (Å²) in [6.07, 6.45) is 0. The van der Waals surface area contributed by atoms with Crippen LogP contribution in [0.25, 0.3) is 21.2 Å². The van der Waals surface area contributed by atoms with Crippen molar-refractivity contribution in [2.75, 3.05) is 7.05 Å². The molecule has 0 saturated heterocycles. The first-order valence-electron chi connectivity index (χ1n) is 6.64. The lowest BCUT2D eigenvalue weighted by molar-refractivity contribution is 0.620. The highest BCUT2D eigenvalue weighted by atomic mass is 32.1. The summed E-state index contributed by atoms with van der Waals surface area (Å²) in [6, 6.07) is 13.5. The van der Waals surface area contributed by atoms with Crippen LogP contribution in [-0.2, 0) is 0 Å². The van der Waals surface area contributed by atoms with Crippen LogP contribution in [0.3, 0.4) is 0 Å². The number of halogens is 1. The molecule has 1 atom stereocenters. The Bertz CT molecular complexity index is 748. The van der Waals surface area contributed by atoms with Gasteiger partial charge in [-0.15, -0.1) is 11.3 Å². The van der Waals surface area contributed by atoms with Gasteiger partial charge in [0.05, 0.1) is 0 Å². The molecule has 1 nitrogen and oxygen atoms in total. The SMILES string of the molecule is CNC(C)c1ccc(F)cc1-c1cccc2ccsc12. The molecule has 2 aromatic carbocycles. The normalized spacial score (nSPS) is 12.8. The second-order valence-corrected chi connectivity index (χ2v) is 5.80. The molecule has 3 heteroatoms. The quantitative estimate of drug-likeness (QED) is 0.715. The molecule has 1 unspecified atom stereocenters. The summed E-state index contributed by atoms with van der Waals surface area (Å²) in [4.78, 5) is 0. The molecule has 0 aliphatic carbocycles. The number of thiophene rings is 1. The molecule has 20 heavy (non-hydrogen) atoms. The van der Waals surface area contributed by atoms with Crippen LogP contribution in [0.15, 0.2) is 47.8 Å². The zero-order valence-corrected chi connectivity index (χ0v) is 12.3. The fourth-order valence-corrected chi connectivity index (χ4v) is 3.43. The average molecular weight is 285 g/mol. The van der Waals surface area contributed by atoms with Gasteiger partial charge in [-0.25, -0.2) is 4.39 Å². The molecule has 1 N–H and O–H groups in total. The lowest BCUT2D eigenvalue weighted by Crippen LogP contribution is -2.13. The van der Waals surface area contributed by atoms with Crippen molar-refractivity contribution in [3.05, 3.63) is 59.2 Å². The van der Waals surface area contributed by atoms with Gasteiger partial charge in [0, 0.05) is 10.7 Å². The summed E-state index contributed by atoms with van der Waals surface area (Å²) >= 11 is 1.70. The molecular weight excluding hydrogens is 269 g/mol. The van der Waals surface area contributed by atoms with E-state index in [1.54, 1.807) is 17.4 Å². The van der Waals surface area contributed by atoms with E-state index in [1.807, 2.05) is 19.2 Å². The molecule has 0 amide bonds. The zero-order chi connectivity index (χ0) is 14.1. The van der Waals surface area contributed by atoms with Gasteiger partial charge in [-0.05, 0) is 59.6 Å². The Labute approximate surface area is 122 Å². The summed E-state index contributed by atoms with van der Waals surface area (Å²) in [5.74, 6) is -0.194. The summed E-state index contributed by atoms with van der Waals surface area (Å²) < 4.78 is 14.9. The smallest absolute Gasteiger partial charge is 0.123 e. The van der Waals surface area contributed by atoms with E-state index in [0.717, 1.165) is 16.7 Å². The van der Waals surface area contributed by atoms with Gasteiger partial charge in [-0.3, -0.25) is 0 Å². The second-order valence-electron chi connectivity index (χ2n) is 4.89. The van der Waals surface area contributed by atoms with Crippen LogP contribution in [0.2, 0.25) is 0 Å². The van der Waals surface area contributed by atoms with Crippen LogP contribution < -0.4 is 5.32 Å². The van der Waals surface area contributed by atoms with Gasteiger partial charge in [0.1, 0.15) is 5.82 Å². The largest absolute Gasteiger partial charge is 0.313 e. The minimum Gasteiger partial charge on any atom is -0.313 e. The second kappa shape index (κ2) is 5.35. The highest BCUT2D eigenvalue weighted by molar-refractivity contribution is 7.17. The van der Waals surface area contributed by atoms with Crippen molar-refractivity contribution in [3.8, 4) is 11.1 Å². The fraction of sp³-hybridized carbons (Fsp3) is 0.176. The van der Waals surface area contributed by atoms with Gasteiger partial charge in [-0.1, -0.05) is 24.3 Å². The Kier molecular flexibility index (Phi) is 3.55. The van der Waals surface area contributed by atoms with Crippen LogP contribution in [0, 0.1) is 5.82 Å². The van der Waals surface area contributed by atoms with Crippen LogP contribution in [0.1, 0.15) is 18.5 Å². The van der Waals surface area contributed by atoms with Crippen LogP contribution in [0.5, 0.6) is 0 Å². The van der Waals surface area contributed by atoms with Crippen molar-refractivity contribution in [1.29, 1.82) is 0 Å². The summed E-state index contributed by atoms with van der Waals surface area (Å²) in [5.41, 5.74) is 3.20. The highest BCUT2D eigenvalue weighted by Gasteiger charge is 2.14. The van der Waals surface area contributed by atoms with E-state index < -0.39 is 0 Å². The highest BCUT2D eigenvalue weighted by Crippen LogP contribution is 2.36. The van der Waals surface area contributed by atoms with Crippen molar-refractivity contribution >= 4 is 21.4 Å². The maximum Gasteiger partial charge on any atom is 0.123 e. The monoisotopic (exact) mass is 285 g/mol. The van der Waals surface area contributed by atoms with Crippen LogP contribution in [-0.4, -0.2) is 7.05 Å². The van der Waals surface area contributed by atoms with E-state index in [0.29, 0.717) is 0 Å². The average Bonchev–Trinajstić information content (AvgIpc) is 2.94. The summed E-state index contributed by atoms with van der Waals surface area (Å²) in [7, 11) is 1.92. The van der Waals surface area contributed by atoms with Crippen molar-refractivity contribution in [2.24, 2.45) is 0 Å². The number of fused-ring (bicyclic) bond motifs is 1. The van der Waals surface area contributed by atoms with Gasteiger partial charge >= 0.3 is 0 Å². The van der Waals surface area contributed by atoms with Crippen molar-refractivity contribution < 1.29 is 4.39 Å². The molecule has 3 rings (SSSR count). The molecular formula is C17H16FNS. The van der Waals surface area contributed by atoms with E-state index in [1.165, 1.54) is 16.2 Å². The van der Waals surface area contributed by atoms with E-state index in [2.05, 4.69) is 35.8 Å². The summed E-state index contributed by atoms with van der Waals surface area (Å²) in [6.45, 7) is 2.09. The van der Waals surface area contributed by atoms with E-state index in [4.69, 9.17) is 0 Å². The first-order chi connectivity index (χ1) is 9.70. The van der Waals surface area contributed by atoms with E-state index in [-0.39, 0.29) is 11.9 Å². The van der Waals surface area contributed by atoms with Crippen molar-refractivity contribution in [1.82, 2.24) is 5.32 Å². The minimum atomic E-state index is -0.194. The minimum absolute atomic E-state index is 0.181. The summed E-state index contributed by atoms with van der Waals surface area (Å²) in [5, 5.41) is 6.52. The predicted molar refractivity (Wildman–Crippen MR) is 84.7 cm³/mol. The fourth-order valence-electron chi connectivity index (χ4n) is 2.50. The molecule has 0 fully saturated rings. The Morgan fingerprint density at radius 2 is 1.95 bits per heavy atom. The molecule has 3 aromatic rings. The van der Waals surface area contributed by atoms with Crippen molar-refractivity contribution in [3.63, 3.8) is 0 Å². The Balaban J connectivity index is 2.28. The molecule has 0 bridgehead atoms. The Hall–Kier alpha value is -1.71. The zero-order valence-electron chi connectivity index (χ0n) is 11.5. The maximum absolute atomic E-state index is 13.7. The number of hydrogen-bond donors (Lipinski definition) is 1. The number of benzene rings is 2. The van der Waals surface area contributed by atoms with Crippen molar-refractivity contribution in [2.45, 2.75) is 13.0 Å². The number of hydrogen-bond acceptors (Lipinski definition) is 2. The third kappa shape index (κ3) is 2.23. The van der Waals surface area contributed by atoms with E-state index in [9.17, 15) is 4.39 Å². The van der Waals surface area contributed by atoms with Gasteiger partial charge in [0.15, 0.2) is 0 Å². The Morgan fingerprint density at radius 3 is 2.75 bits per heavy atom. The van der Waals surface area contributed by atoms with Gasteiger partial charge < -0.3 is 5.32 Å². The molecule has 1 heterocycles. The molecule has 0 radical (unpaired) electrons. The Morgan fingerprint density at radius 1 is 1.10 bits per heavy atom. The first kappa shape index (κ1) is 13.3. The molecule has 102 valence electrons. The predicted octanol–water partition coefficient (Wildman–Crippen LogP) is 4.99. The molecule has 0 aliphatic rings. The molecule has 0 aliphatic heterocycles. The molecule has 1 aromatic heterocycles. The lowest BCUT2D eigenvalue weighted by Gasteiger charge is -2.16. The molecule has 0 spiro atoms. The lowest BCUT2D eigenvalue weighted by atomic mass is 9.95. The van der Waals surface area contributed by atoms with Crippen LogP contribution >= 0.6 is 11.3 Å². The molecule has 0 saturated carbocycles. The van der Waals surface area contributed by atoms with E-state index >= 15 is 0 Å². The third-order valence-corrected chi connectivity index (χ3v) is 4.65. The topological polar surface area (TPSA) is 12.0 Å². The van der Waals surface area contributed by atoms with Gasteiger partial charge in [0.25, 0.3) is 0 Å². The first-order valence-corrected chi connectivity index (χ1v) is 7.52. The number of nitrogens with one attached hydrogen (secondary N) is 1. The maximum atomic E-state index is 13.7. The van der Waals surface area contributed by atoms with Gasteiger partial charge in [0.2, 0.25) is 0 Å².